The van der Waals surface area contributed by atoms with Crippen molar-refractivity contribution in [2.75, 3.05) is 12.3 Å². The van der Waals surface area contributed by atoms with Gasteiger partial charge < -0.3 is 16.0 Å². The normalized spacial score (nSPS) is 27.4. The van der Waals surface area contributed by atoms with Crippen LogP contribution < -0.4 is 16.0 Å². The van der Waals surface area contributed by atoms with Crippen molar-refractivity contribution in [2.24, 2.45) is 5.92 Å². The molecule has 120 valence electrons. The smallest absolute Gasteiger partial charge is 0.315 e. The Bertz CT molecular complexity index is 376. The number of unbranched alkanes of at least 4 members (excludes halogenated alkanes) is 1. The van der Waals surface area contributed by atoms with Gasteiger partial charge in [0, 0.05) is 24.0 Å². The lowest BCUT2D eigenvalue weighted by molar-refractivity contribution is -0.121. The third-order valence-electron chi connectivity index (χ3n) is 4.12. The van der Waals surface area contributed by atoms with E-state index in [1.807, 2.05) is 11.8 Å². The summed E-state index contributed by atoms with van der Waals surface area (Å²) in [7, 11) is 0. The lowest BCUT2D eigenvalue weighted by Crippen LogP contribution is -2.36. The maximum absolute atomic E-state index is 11.7. The molecule has 6 heteroatoms. The number of urea groups is 1. The molecule has 1 unspecified atom stereocenters. The molecule has 0 radical (unpaired) electrons. The predicted octanol–water partition coefficient (Wildman–Crippen LogP) is 1.87. The first-order chi connectivity index (χ1) is 10.1. The number of amides is 3. The summed E-state index contributed by atoms with van der Waals surface area (Å²) in [5.41, 5.74) is 0. The van der Waals surface area contributed by atoms with Crippen LogP contribution in [0.4, 0.5) is 4.79 Å². The minimum atomic E-state index is -0.0279. The molecule has 0 spiro atoms. The second kappa shape index (κ2) is 7.92. The predicted molar refractivity (Wildman–Crippen MR) is 86.4 cm³/mol. The van der Waals surface area contributed by atoms with Crippen LogP contribution in [0.3, 0.4) is 0 Å². The molecule has 5 nitrogen and oxygen atoms in total. The number of carbonyl (C=O) groups is 2. The molecule has 3 amide bonds. The highest BCUT2D eigenvalue weighted by Gasteiger charge is 2.42. The summed E-state index contributed by atoms with van der Waals surface area (Å²) in [6.45, 7) is 5.11. The first-order valence-electron chi connectivity index (χ1n) is 8.01. The zero-order chi connectivity index (χ0) is 15.2. The SMILES string of the molecule is CC(C)CCNC(=O)CCCCC1SC[C@@H]2NC(=O)N[C@H]12. The lowest BCUT2D eigenvalue weighted by atomic mass is 10.0. The Morgan fingerprint density at radius 1 is 1.38 bits per heavy atom. The minimum absolute atomic E-state index is 0.0279. The molecule has 0 aliphatic carbocycles. The van der Waals surface area contributed by atoms with Crippen LogP contribution in [0.1, 0.15) is 46.0 Å². The maximum atomic E-state index is 11.7. The third-order valence-corrected chi connectivity index (χ3v) is 5.63. The Morgan fingerprint density at radius 3 is 2.95 bits per heavy atom. The molecule has 2 heterocycles. The van der Waals surface area contributed by atoms with Gasteiger partial charge in [-0.2, -0.15) is 11.8 Å². The van der Waals surface area contributed by atoms with Crippen LogP contribution in [0, 0.1) is 5.92 Å². The van der Waals surface area contributed by atoms with Crippen LogP contribution in [0.2, 0.25) is 0 Å². The van der Waals surface area contributed by atoms with Crippen molar-refractivity contribution in [3.63, 3.8) is 0 Å². The molecule has 21 heavy (non-hydrogen) atoms. The van der Waals surface area contributed by atoms with E-state index in [1.165, 1.54) is 0 Å². The third kappa shape index (κ3) is 5.09. The van der Waals surface area contributed by atoms with Gasteiger partial charge in [0.15, 0.2) is 0 Å². The van der Waals surface area contributed by atoms with Gasteiger partial charge in [0.1, 0.15) is 0 Å². The molecule has 3 N–H and O–H groups in total. The molecular formula is C15H27N3O2S. The van der Waals surface area contributed by atoms with Crippen LogP contribution in [-0.4, -0.2) is 41.6 Å². The number of hydrogen-bond acceptors (Lipinski definition) is 3. The molecule has 3 atom stereocenters. The average Bonchev–Trinajstić information content (AvgIpc) is 2.94. The van der Waals surface area contributed by atoms with E-state index in [0.717, 1.165) is 38.0 Å². The summed E-state index contributed by atoms with van der Waals surface area (Å²) in [6.07, 6.45) is 4.72. The van der Waals surface area contributed by atoms with Gasteiger partial charge in [-0.3, -0.25) is 4.79 Å². The fraction of sp³-hybridized carbons (Fsp3) is 0.867. The van der Waals surface area contributed by atoms with Crippen molar-refractivity contribution in [1.82, 2.24) is 16.0 Å². The Hall–Kier alpha value is -0.910. The average molecular weight is 313 g/mol. The monoisotopic (exact) mass is 313 g/mol. The summed E-state index contributed by atoms with van der Waals surface area (Å²) in [5.74, 6) is 1.81. The van der Waals surface area contributed by atoms with E-state index in [-0.39, 0.29) is 18.0 Å². The fourth-order valence-electron chi connectivity index (χ4n) is 2.86. The van der Waals surface area contributed by atoms with E-state index in [0.29, 0.717) is 23.6 Å². The van der Waals surface area contributed by atoms with Gasteiger partial charge in [0.2, 0.25) is 5.91 Å². The number of thioether (sulfide) groups is 1. The number of fused-ring (bicyclic) bond motifs is 1. The van der Waals surface area contributed by atoms with Crippen LogP contribution in [0.5, 0.6) is 0 Å². The fourth-order valence-corrected chi connectivity index (χ4v) is 4.41. The van der Waals surface area contributed by atoms with Crippen molar-refractivity contribution in [1.29, 1.82) is 0 Å². The van der Waals surface area contributed by atoms with Gasteiger partial charge in [-0.05, 0) is 25.2 Å². The topological polar surface area (TPSA) is 70.2 Å². The molecule has 2 aliphatic heterocycles. The van der Waals surface area contributed by atoms with Crippen LogP contribution in [-0.2, 0) is 4.79 Å². The van der Waals surface area contributed by atoms with E-state index in [9.17, 15) is 9.59 Å². The zero-order valence-electron chi connectivity index (χ0n) is 13.0. The molecule has 2 rings (SSSR count). The van der Waals surface area contributed by atoms with Crippen LogP contribution in [0.15, 0.2) is 0 Å². The lowest BCUT2D eigenvalue weighted by Gasteiger charge is -2.16. The highest BCUT2D eigenvalue weighted by molar-refractivity contribution is 8.00. The van der Waals surface area contributed by atoms with Gasteiger partial charge in [-0.15, -0.1) is 0 Å². The summed E-state index contributed by atoms with van der Waals surface area (Å²) in [4.78, 5) is 22.9. The number of hydrogen-bond donors (Lipinski definition) is 3. The van der Waals surface area contributed by atoms with Crippen molar-refractivity contribution >= 4 is 23.7 Å². The van der Waals surface area contributed by atoms with Crippen molar-refractivity contribution in [3.8, 4) is 0 Å². The molecule has 2 fully saturated rings. The Kier molecular flexibility index (Phi) is 6.21. The van der Waals surface area contributed by atoms with Crippen LogP contribution >= 0.6 is 11.8 Å². The van der Waals surface area contributed by atoms with E-state index < -0.39 is 0 Å². The largest absolute Gasteiger partial charge is 0.356 e. The van der Waals surface area contributed by atoms with Gasteiger partial charge in [-0.1, -0.05) is 20.3 Å². The maximum Gasteiger partial charge on any atom is 0.315 e. The van der Waals surface area contributed by atoms with E-state index in [2.05, 4.69) is 29.8 Å². The molecular weight excluding hydrogens is 286 g/mol. The van der Waals surface area contributed by atoms with Gasteiger partial charge >= 0.3 is 6.03 Å². The molecule has 0 aromatic rings. The second-order valence-corrected chi connectivity index (χ2v) is 7.67. The molecule has 0 aromatic heterocycles. The quantitative estimate of drug-likeness (QED) is 0.473. The molecule has 0 aromatic carbocycles. The number of carbonyl (C=O) groups excluding carboxylic acids is 2. The first-order valence-corrected chi connectivity index (χ1v) is 9.06. The standard InChI is InChI=1S/C15H27N3O2S/c1-10(2)7-8-16-13(19)6-4-3-5-12-14-11(9-21-12)17-15(20)18-14/h10-12,14H,3-9H2,1-2H3,(H,16,19)(H2,17,18,20)/t11-,12?,14-/m0/s1. The second-order valence-electron chi connectivity index (χ2n) is 6.40. The molecule has 2 saturated heterocycles. The number of nitrogens with one attached hydrogen (secondary N) is 3. The molecule has 2 aliphatic rings. The highest BCUT2D eigenvalue weighted by Crippen LogP contribution is 2.33. The van der Waals surface area contributed by atoms with Crippen molar-refractivity contribution < 1.29 is 9.59 Å². The summed E-state index contributed by atoms with van der Waals surface area (Å²) in [5, 5.41) is 9.43. The molecule has 0 bridgehead atoms. The van der Waals surface area contributed by atoms with E-state index >= 15 is 0 Å². The number of rotatable bonds is 8. The summed E-state index contributed by atoms with van der Waals surface area (Å²) < 4.78 is 0. The van der Waals surface area contributed by atoms with Crippen molar-refractivity contribution in [2.45, 2.75) is 63.3 Å². The van der Waals surface area contributed by atoms with Gasteiger partial charge in [0.05, 0.1) is 12.1 Å². The molecule has 0 saturated carbocycles. The van der Waals surface area contributed by atoms with Gasteiger partial charge in [-0.25, -0.2) is 4.79 Å². The van der Waals surface area contributed by atoms with Crippen LogP contribution in [0.25, 0.3) is 0 Å². The zero-order valence-corrected chi connectivity index (χ0v) is 13.8. The summed E-state index contributed by atoms with van der Waals surface area (Å²) in [6, 6.07) is 0.550. The Morgan fingerprint density at radius 2 is 2.19 bits per heavy atom. The van der Waals surface area contributed by atoms with Crippen molar-refractivity contribution in [3.05, 3.63) is 0 Å². The Balaban J connectivity index is 1.54. The van der Waals surface area contributed by atoms with E-state index in [4.69, 9.17) is 0 Å². The first kappa shape index (κ1) is 16.5. The van der Waals surface area contributed by atoms with E-state index in [1.54, 1.807) is 0 Å². The Labute approximate surface area is 131 Å². The highest BCUT2D eigenvalue weighted by atomic mass is 32.2. The minimum Gasteiger partial charge on any atom is -0.356 e. The van der Waals surface area contributed by atoms with Gasteiger partial charge in [0.25, 0.3) is 0 Å². The summed E-state index contributed by atoms with van der Waals surface area (Å²) >= 11 is 1.93.